The molecule has 6 nitrogen and oxygen atoms in total. The van der Waals surface area contributed by atoms with Crippen LogP contribution in [-0.4, -0.2) is 29.9 Å². The van der Waals surface area contributed by atoms with Gasteiger partial charge in [0.1, 0.15) is 11.5 Å². The minimum Gasteiger partial charge on any atom is -0.457 e. The lowest BCUT2D eigenvalue weighted by atomic mass is 10.2. The van der Waals surface area contributed by atoms with Gasteiger partial charge in [0, 0.05) is 29.5 Å². The molecule has 33 heavy (non-hydrogen) atoms. The van der Waals surface area contributed by atoms with Gasteiger partial charge >= 0.3 is 6.03 Å². The summed E-state index contributed by atoms with van der Waals surface area (Å²) in [5, 5.41) is 5.98. The SMILES string of the molecule is O=C(NCCCN(C(=O)Nc1cccc(Cl)c1)c1ccc(Oc2ccccc2)cc1)C(Cl)Cl. The van der Waals surface area contributed by atoms with Gasteiger partial charge in [0.2, 0.25) is 0 Å². The molecule has 0 aliphatic heterocycles. The molecule has 0 bridgehead atoms. The van der Waals surface area contributed by atoms with Crippen molar-refractivity contribution in [3.05, 3.63) is 83.9 Å². The molecule has 0 saturated carbocycles. The molecule has 0 fully saturated rings. The number of halogens is 3. The number of amides is 3. The molecular weight excluding hydrogens is 485 g/mol. The first kappa shape index (κ1) is 24.7. The van der Waals surface area contributed by atoms with Gasteiger partial charge in [0.15, 0.2) is 4.84 Å². The number of benzene rings is 3. The summed E-state index contributed by atoms with van der Waals surface area (Å²) in [5.74, 6) is 0.881. The topological polar surface area (TPSA) is 70.7 Å². The first-order valence-electron chi connectivity index (χ1n) is 10.2. The average molecular weight is 507 g/mol. The Hall–Kier alpha value is -2.93. The lowest BCUT2D eigenvalue weighted by Crippen LogP contribution is -2.38. The van der Waals surface area contributed by atoms with Gasteiger partial charge in [-0.05, 0) is 61.0 Å². The van der Waals surface area contributed by atoms with Crippen molar-refractivity contribution in [1.82, 2.24) is 5.32 Å². The fourth-order valence-electron chi connectivity index (χ4n) is 2.95. The summed E-state index contributed by atoms with van der Waals surface area (Å²) in [6, 6.07) is 23.1. The number of hydrogen-bond acceptors (Lipinski definition) is 3. The Bertz CT molecular complexity index is 1060. The molecule has 0 spiro atoms. The number of alkyl halides is 2. The summed E-state index contributed by atoms with van der Waals surface area (Å²) in [5.41, 5.74) is 1.23. The quantitative estimate of drug-likeness (QED) is 0.258. The van der Waals surface area contributed by atoms with E-state index in [2.05, 4.69) is 10.6 Å². The summed E-state index contributed by atoms with van der Waals surface area (Å²) >= 11 is 17.1. The predicted molar refractivity (Wildman–Crippen MR) is 134 cm³/mol. The number of nitrogens with one attached hydrogen (secondary N) is 2. The minimum absolute atomic E-state index is 0.310. The molecule has 3 amide bonds. The Morgan fingerprint density at radius 3 is 2.27 bits per heavy atom. The minimum atomic E-state index is -1.13. The zero-order valence-corrected chi connectivity index (χ0v) is 19.8. The van der Waals surface area contributed by atoms with Gasteiger partial charge in [-0.3, -0.25) is 9.69 Å². The number of nitrogens with zero attached hydrogens (tertiary/aromatic N) is 1. The van der Waals surface area contributed by atoms with E-state index < -0.39 is 10.7 Å². The zero-order chi connectivity index (χ0) is 23.6. The first-order valence-corrected chi connectivity index (χ1v) is 11.4. The highest BCUT2D eigenvalue weighted by Crippen LogP contribution is 2.25. The maximum absolute atomic E-state index is 13.0. The molecule has 0 aromatic heterocycles. The normalized spacial score (nSPS) is 10.5. The van der Waals surface area contributed by atoms with Crippen LogP contribution in [0, 0.1) is 0 Å². The van der Waals surface area contributed by atoms with Crippen LogP contribution >= 0.6 is 34.8 Å². The van der Waals surface area contributed by atoms with Crippen molar-refractivity contribution in [3.8, 4) is 11.5 Å². The molecule has 0 saturated heterocycles. The van der Waals surface area contributed by atoms with E-state index in [1.807, 2.05) is 30.3 Å². The van der Waals surface area contributed by atoms with Crippen molar-refractivity contribution in [3.63, 3.8) is 0 Å². The molecule has 0 radical (unpaired) electrons. The van der Waals surface area contributed by atoms with Gasteiger partial charge in [-0.1, -0.05) is 59.1 Å². The van der Waals surface area contributed by atoms with E-state index in [0.29, 0.717) is 47.4 Å². The largest absolute Gasteiger partial charge is 0.457 e. The summed E-state index contributed by atoms with van der Waals surface area (Å²) < 4.78 is 5.82. The van der Waals surface area contributed by atoms with Crippen LogP contribution in [0.4, 0.5) is 16.2 Å². The fourth-order valence-corrected chi connectivity index (χ4v) is 3.29. The van der Waals surface area contributed by atoms with Crippen LogP contribution in [0.5, 0.6) is 11.5 Å². The van der Waals surface area contributed by atoms with Crippen LogP contribution in [-0.2, 0) is 4.79 Å². The highest BCUT2D eigenvalue weighted by Gasteiger charge is 2.17. The highest BCUT2D eigenvalue weighted by atomic mass is 35.5. The van der Waals surface area contributed by atoms with Crippen LogP contribution in [0.2, 0.25) is 5.02 Å². The second-order valence-corrected chi connectivity index (χ2v) is 8.48. The first-order chi connectivity index (χ1) is 15.9. The second kappa shape index (κ2) is 12.3. The summed E-state index contributed by atoms with van der Waals surface area (Å²) in [7, 11) is 0. The number of urea groups is 1. The van der Waals surface area contributed by atoms with Gasteiger partial charge in [-0.25, -0.2) is 4.79 Å². The molecule has 172 valence electrons. The molecule has 3 aromatic carbocycles. The van der Waals surface area contributed by atoms with Crippen LogP contribution in [0.3, 0.4) is 0 Å². The molecular formula is C24H22Cl3N3O3. The van der Waals surface area contributed by atoms with Crippen molar-refractivity contribution in [2.45, 2.75) is 11.3 Å². The Kier molecular flexibility index (Phi) is 9.24. The third kappa shape index (κ3) is 7.86. The summed E-state index contributed by atoms with van der Waals surface area (Å²) in [6.07, 6.45) is 0.484. The average Bonchev–Trinajstić information content (AvgIpc) is 2.80. The van der Waals surface area contributed by atoms with Gasteiger partial charge in [0.05, 0.1) is 0 Å². The fraction of sp³-hybridized carbons (Fsp3) is 0.167. The molecule has 0 heterocycles. The molecule has 0 unspecified atom stereocenters. The van der Waals surface area contributed by atoms with Crippen LogP contribution in [0.1, 0.15) is 6.42 Å². The van der Waals surface area contributed by atoms with E-state index in [9.17, 15) is 9.59 Å². The van der Waals surface area contributed by atoms with Crippen molar-refractivity contribution >= 4 is 58.1 Å². The third-order valence-electron chi connectivity index (χ3n) is 4.50. The maximum Gasteiger partial charge on any atom is 0.326 e. The number of carbonyl (C=O) groups is 2. The molecule has 0 aliphatic rings. The van der Waals surface area contributed by atoms with E-state index in [0.717, 1.165) is 0 Å². The number of anilines is 2. The molecule has 3 rings (SSSR count). The Morgan fingerprint density at radius 1 is 0.909 bits per heavy atom. The Morgan fingerprint density at radius 2 is 1.61 bits per heavy atom. The van der Waals surface area contributed by atoms with E-state index in [1.165, 1.54) is 0 Å². The van der Waals surface area contributed by atoms with Crippen LogP contribution in [0.25, 0.3) is 0 Å². The smallest absolute Gasteiger partial charge is 0.326 e. The number of para-hydroxylation sites is 1. The van der Waals surface area contributed by atoms with E-state index in [4.69, 9.17) is 39.5 Å². The highest BCUT2D eigenvalue weighted by molar-refractivity contribution is 6.53. The zero-order valence-electron chi connectivity index (χ0n) is 17.5. The number of rotatable bonds is 9. The van der Waals surface area contributed by atoms with Gasteiger partial charge < -0.3 is 15.4 Å². The molecule has 3 aromatic rings. The molecule has 2 N–H and O–H groups in total. The Labute approximate surface area is 207 Å². The van der Waals surface area contributed by atoms with E-state index in [-0.39, 0.29) is 6.03 Å². The lowest BCUT2D eigenvalue weighted by molar-refractivity contribution is -0.119. The molecule has 0 atom stereocenters. The van der Waals surface area contributed by atoms with Crippen LogP contribution < -0.4 is 20.3 Å². The molecule has 0 aliphatic carbocycles. The van der Waals surface area contributed by atoms with Gasteiger partial charge in [-0.15, -0.1) is 0 Å². The standard InChI is InChI=1S/C24H22Cl3N3O3/c25-17-6-4-7-18(16-17)29-24(32)30(15-5-14-28-23(31)22(26)27)19-10-12-21(13-11-19)33-20-8-2-1-3-9-20/h1-4,6-13,16,22H,5,14-15H2,(H,28,31)(H,29,32). The van der Waals surface area contributed by atoms with Crippen molar-refractivity contribution in [2.75, 3.05) is 23.3 Å². The summed E-state index contributed by atoms with van der Waals surface area (Å²) in [6.45, 7) is 0.645. The predicted octanol–water partition coefficient (Wildman–Crippen LogP) is 6.48. The van der Waals surface area contributed by atoms with E-state index in [1.54, 1.807) is 53.4 Å². The van der Waals surface area contributed by atoms with Crippen LogP contribution in [0.15, 0.2) is 78.9 Å². The Balaban J connectivity index is 1.70. The number of hydrogen-bond donors (Lipinski definition) is 2. The lowest BCUT2D eigenvalue weighted by Gasteiger charge is -2.24. The van der Waals surface area contributed by atoms with Crippen molar-refractivity contribution in [1.29, 1.82) is 0 Å². The third-order valence-corrected chi connectivity index (χ3v) is 5.14. The van der Waals surface area contributed by atoms with Crippen molar-refractivity contribution < 1.29 is 14.3 Å². The van der Waals surface area contributed by atoms with E-state index >= 15 is 0 Å². The van der Waals surface area contributed by atoms with Gasteiger partial charge in [-0.2, -0.15) is 0 Å². The number of ether oxygens (including phenoxy) is 1. The van der Waals surface area contributed by atoms with Crippen molar-refractivity contribution in [2.24, 2.45) is 0 Å². The maximum atomic E-state index is 13.0. The summed E-state index contributed by atoms with van der Waals surface area (Å²) in [4.78, 5) is 25.0. The molecule has 9 heteroatoms. The van der Waals surface area contributed by atoms with Gasteiger partial charge in [0.25, 0.3) is 5.91 Å². The second-order valence-electron chi connectivity index (χ2n) is 6.95. The monoisotopic (exact) mass is 505 g/mol. The number of carbonyl (C=O) groups excluding carboxylic acids is 2.